The number of nitrogens with one attached hydrogen (secondary N) is 2. The first kappa shape index (κ1) is 19.1. The number of hydrogen-bond donors (Lipinski definition) is 2. The molecule has 0 aromatic heterocycles. The third-order valence-electron chi connectivity index (χ3n) is 4.74. The molecule has 26 heavy (non-hydrogen) atoms. The molecule has 1 saturated carbocycles. The van der Waals surface area contributed by atoms with Crippen LogP contribution in [0.5, 0.6) is 0 Å². The predicted molar refractivity (Wildman–Crippen MR) is 102 cm³/mol. The van der Waals surface area contributed by atoms with Gasteiger partial charge in [0.05, 0.1) is 19.0 Å². The van der Waals surface area contributed by atoms with E-state index in [0.29, 0.717) is 32.8 Å². The quantitative estimate of drug-likeness (QED) is 0.543. The summed E-state index contributed by atoms with van der Waals surface area (Å²) in [5, 5.41) is 6.60. The van der Waals surface area contributed by atoms with E-state index in [0.717, 1.165) is 29.5 Å². The summed E-state index contributed by atoms with van der Waals surface area (Å²) in [6.07, 6.45) is 2.57. The Kier molecular flexibility index (Phi) is 6.50. The summed E-state index contributed by atoms with van der Waals surface area (Å²) in [6, 6.07) is 7.66. The van der Waals surface area contributed by atoms with Gasteiger partial charge in [-0.15, -0.1) is 0 Å². The lowest BCUT2D eigenvalue weighted by Gasteiger charge is -2.26. The van der Waals surface area contributed by atoms with Crippen molar-refractivity contribution in [1.82, 2.24) is 14.9 Å². The summed E-state index contributed by atoms with van der Waals surface area (Å²) in [5.74, 6) is 1.53. The van der Waals surface area contributed by atoms with E-state index in [4.69, 9.17) is 4.74 Å². The molecule has 1 aromatic carbocycles. The maximum atomic E-state index is 12.7. The van der Waals surface area contributed by atoms with Gasteiger partial charge in [-0.2, -0.15) is 4.31 Å². The molecular weight excluding hydrogens is 352 g/mol. The van der Waals surface area contributed by atoms with Crippen molar-refractivity contribution < 1.29 is 13.2 Å². The second-order valence-corrected chi connectivity index (χ2v) is 8.76. The minimum absolute atomic E-state index is 0.0129. The van der Waals surface area contributed by atoms with Gasteiger partial charge in [0.15, 0.2) is 5.96 Å². The van der Waals surface area contributed by atoms with E-state index < -0.39 is 10.0 Å². The van der Waals surface area contributed by atoms with Crippen LogP contribution in [0.25, 0.3) is 0 Å². The molecule has 3 rings (SSSR count). The molecule has 0 spiro atoms. The second-order valence-electron chi connectivity index (χ2n) is 6.79. The van der Waals surface area contributed by atoms with Gasteiger partial charge < -0.3 is 15.4 Å². The van der Waals surface area contributed by atoms with Gasteiger partial charge in [-0.25, -0.2) is 8.42 Å². The fraction of sp³-hybridized carbons (Fsp3) is 0.611. The molecule has 0 atom stereocenters. The average molecular weight is 381 g/mol. The Balaban J connectivity index is 1.61. The minimum atomic E-state index is -3.34. The topological polar surface area (TPSA) is 83.0 Å². The molecule has 0 bridgehead atoms. The molecule has 8 heteroatoms. The molecule has 7 nitrogen and oxygen atoms in total. The number of nitrogens with zero attached hydrogens (tertiary/aromatic N) is 2. The first-order valence-corrected chi connectivity index (χ1v) is 10.8. The standard InChI is InChI=1S/C18H28N4O3S/c1-19-18(20-12-15-6-7-15)21-13-16-4-2-3-5-17(16)14-26(23,24)22-8-10-25-11-9-22/h2-5,15H,6-14H2,1H3,(H2,19,20,21). The summed E-state index contributed by atoms with van der Waals surface area (Å²) in [5.41, 5.74) is 1.79. The van der Waals surface area contributed by atoms with Gasteiger partial charge >= 0.3 is 0 Å². The number of hydrogen-bond acceptors (Lipinski definition) is 4. The molecule has 1 saturated heterocycles. The molecule has 2 aliphatic rings. The summed E-state index contributed by atoms with van der Waals surface area (Å²) in [6.45, 7) is 3.27. The van der Waals surface area contributed by atoms with E-state index in [-0.39, 0.29) is 5.75 Å². The van der Waals surface area contributed by atoms with Crippen LogP contribution in [-0.2, 0) is 27.1 Å². The number of morpholine rings is 1. The van der Waals surface area contributed by atoms with E-state index in [9.17, 15) is 8.42 Å². The van der Waals surface area contributed by atoms with Crippen LogP contribution in [0.4, 0.5) is 0 Å². The zero-order valence-electron chi connectivity index (χ0n) is 15.3. The number of ether oxygens (including phenoxy) is 1. The fourth-order valence-corrected chi connectivity index (χ4v) is 4.51. The number of rotatable bonds is 7. The Morgan fingerprint density at radius 3 is 2.54 bits per heavy atom. The van der Waals surface area contributed by atoms with Crippen molar-refractivity contribution in [1.29, 1.82) is 0 Å². The Morgan fingerprint density at radius 2 is 1.88 bits per heavy atom. The van der Waals surface area contributed by atoms with Crippen LogP contribution in [0.3, 0.4) is 0 Å². The van der Waals surface area contributed by atoms with Crippen LogP contribution in [0.15, 0.2) is 29.3 Å². The second kappa shape index (κ2) is 8.83. The predicted octanol–water partition coefficient (Wildman–Crippen LogP) is 0.924. The van der Waals surface area contributed by atoms with Gasteiger partial charge in [-0.3, -0.25) is 4.99 Å². The molecule has 2 fully saturated rings. The Morgan fingerprint density at radius 1 is 1.19 bits per heavy atom. The lowest BCUT2D eigenvalue weighted by atomic mass is 10.1. The van der Waals surface area contributed by atoms with E-state index in [1.807, 2.05) is 24.3 Å². The number of guanidine groups is 1. The summed E-state index contributed by atoms with van der Waals surface area (Å²) in [4.78, 5) is 4.23. The van der Waals surface area contributed by atoms with E-state index in [1.165, 1.54) is 17.1 Å². The van der Waals surface area contributed by atoms with Crippen molar-refractivity contribution in [2.24, 2.45) is 10.9 Å². The van der Waals surface area contributed by atoms with Crippen LogP contribution in [0, 0.1) is 5.92 Å². The number of sulfonamides is 1. The molecule has 1 aromatic rings. The van der Waals surface area contributed by atoms with Crippen molar-refractivity contribution in [3.8, 4) is 0 Å². The number of aliphatic imine (C=N–C) groups is 1. The normalized spacial score (nSPS) is 19.3. The summed E-state index contributed by atoms with van der Waals surface area (Å²) >= 11 is 0. The Bertz CT molecular complexity index is 726. The third kappa shape index (κ3) is 5.43. The van der Waals surface area contributed by atoms with E-state index in [2.05, 4.69) is 15.6 Å². The van der Waals surface area contributed by atoms with E-state index in [1.54, 1.807) is 7.05 Å². The van der Waals surface area contributed by atoms with Crippen LogP contribution in [-0.4, -0.2) is 58.6 Å². The van der Waals surface area contributed by atoms with Crippen molar-refractivity contribution in [3.05, 3.63) is 35.4 Å². The zero-order valence-corrected chi connectivity index (χ0v) is 16.1. The molecule has 1 heterocycles. The van der Waals surface area contributed by atoms with Crippen LogP contribution >= 0.6 is 0 Å². The van der Waals surface area contributed by atoms with Crippen LogP contribution < -0.4 is 10.6 Å². The maximum absolute atomic E-state index is 12.7. The van der Waals surface area contributed by atoms with Gasteiger partial charge in [-0.1, -0.05) is 24.3 Å². The van der Waals surface area contributed by atoms with E-state index >= 15 is 0 Å². The molecule has 2 N–H and O–H groups in total. The Labute approximate surface area is 155 Å². The molecular formula is C18H28N4O3S. The third-order valence-corrected chi connectivity index (χ3v) is 6.57. The smallest absolute Gasteiger partial charge is 0.218 e. The average Bonchev–Trinajstić information content (AvgIpc) is 3.48. The van der Waals surface area contributed by atoms with Gasteiger partial charge in [0.25, 0.3) is 0 Å². The number of benzene rings is 1. The lowest BCUT2D eigenvalue weighted by Crippen LogP contribution is -2.41. The lowest BCUT2D eigenvalue weighted by molar-refractivity contribution is 0.0729. The molecule has 0 radical (unpaired) electrons. The van der Waals surface area contributed by atoms with Gasteiger partial charge in [0.2, 0.25) is 10.0 Å². The maximum Gasteiger partial charge on any atom is 0.218 e. The molecule has 144 valence electrons. The first-order valence-electron chi connectivity index (χ1n) is 9.15. The summed E-state index contributed by atoms with van der Waals surface area (Å²) in [7, 11) is -1.59. The molecule has 0 unspecified atom stereocenters. The monoisotopic (exact) mass is 380 g/mol. The summed E-state index contributed by atoms with van der Waals surface area (Å²) < 4.78 is 32.2. The molecule has 1 aliphatic carbocycles. The highest BCUT2D eigenvalue weighted by Crippen LogP contribution is 2.27. The van der Waals surface area contributed by atoms with Gasteiger partial charge in [0.1, 0.15) is 0 Å². The highest BCUT2D eigenvalue weighted by atomic mass is 32.2. The SMILES string of the molecule is CN=C(NCc1ccccc1CS(=O)(=O)N1CCOCC1)NCC1CC1. The van der Waals surface area contributed by atoms with Crippen LogP contribution in [0.1, 0.15) is 24.0 Å². The van der Waals surface area contributed by atoms with Crippen LogP contribution in [0.2, 0.25) is 0 Å². The Hall–Kier alpha value is -1.64. The first-order chi connectivity index (χ1) is 12.6. The molecule has 0 amide bonds. The fourth-order valence-electron chi connectivity index (χ4n) is 2.95. The highest BCUT2D eigenvalue weighted by molar-refractivity contribution is 7.88. The highest BCUT2D eigenvalue weighted by Gasteiger charge is 2.25. The zero-order chi connectivity index (χ0) is 18.4. The molecule has 1 aliphatic heterocycles. The van der Waals surface area contributed by atoms with Gasteiger partial charge in [0, 0.05) is 33.2 Å². The largest absolute Gasteiger partial charge is 0.379 e. The van der Waals surface area contributed by atoms with Gasteiger partial charge in [-0.05, 0) is 29.9 Å². The van der Waals surface area contributed by atoms with Crippen molar-refractivity contribution in [2.45, 2.75) is 25.1 Å². The minimum Gasteiger partial charge on any atom is -0.379 e. The van der Waals surface area contributed by atoms with Crippen molar-refractivity contribution in [3.63, 3.8) is 0 Å². The van der Waals surface area contributed by atoms with Crippen molar-refractivity contribution >= 4 is 16.0 Å². The van der Waals surface area contributed by atoms with Crippen molar-refractivity contribution in [2.75, 3.05) is 39.9 Å².